The molecule has 76 valence electrons. The first kappa shape index (κ1) is 9.64. The van der Waals surface area contributed by atoms with Crippen LogP contribution in [0.4, 0.5) is 0 Å². The predicted octanol–water partition coefficient (Wildman–Crippen LogP) is 0.279. The molecule has 0 spiro atoms. The normalized spacial score (nSPS) is 17.0. The first-order chi connectivity index (χ1) is 6.47. The summed E-state index contributed by atoms with van der Waals surface area (Å²) in [6, 6.07) is 5.06. The number of rotatable bonds is 1. The van der Waals surface area contributed by atoms with E-state index in [9.17, 15) is 8.42 Å². The highest BCUT2D eigenvalue weighted by atomic mass is 32.2. The van der Waals surface area contributed by atoms with Crippen molar-refractivity contribution in [2.45, 2.75) is 18.0 Å². The quantitative estimate of drug-likeness (QED) is 0.727. The number of nitrogens with zero attached hydrogens (tertiary/aromatic N) is 1. The van der Waals surface area contributed by atoms with E-state index in [1.54, 1.807) is 12.1 Å². The molecular weight excluding hydrogens is 200 g/mol. The Kier molecular flexibility index (Phi) is 2.10. The second-order valence-corrected chi connectivity index (χ2v) is 5.21. The molecule has 0 fully saturated rings. The van der Waals surface area contributed by atoms with Gasteiger partial charge in [-0.2, -0.15) is 0 Å². The Bertz CT molecular complexity index is 468. The molecule has 1 aliphatic heterocycles. The third kappa shape index (κ3) is 1.66. The maximum Gasteiger partial charge on any atom is 0.238 e. The highest BCUT2D eigenvalue weighted by molar-refractivity contribution is 7.89. The molecule has 0 atom stereocenters. The Morgan fingerprint density at radius 2 is 1.93 bits per heavy atom. The van der Waals surface area contributed by atoms with Crippen LogP contribution in [0.15, 0.2) is 23.1 Å². The van der Waals surface area contributed by atoms with Crippen molar-refractivity contribution >= 4 is 10.0 Å². The van der Waals surface area contributed by atoms with Crippen LogP contribution in [-0.2, 0) is 23.1 Å². The highest BCUT2D eigenvalue weighted by Crippen LogP contribution is 2.23. The van der Waals surface area contributed by atoms with Gasteiger partial charge in [-0.15, -0.1) is 0 Å². The standard InChI is InChI=1S/C9H12N2O2S/c1-11-5-7-2-3-9(14(10,12)13)4-8(7)6-11/h2-4H,5-6H2,1H3,(H2,10,12,13). The number of nitrogens with two attached hydrogens (primary N) is 1. The lowest BCUT2D eigenvalue weighted by Gasteiger charge is -2.02. The Morgan fingerprint density at radius 3 is 2.57 bits per heavy atom. The third-order valence-corrected chi connectivity index (χ3v) is 3.30. The summed E-state index contributed by atoms with van der Waals surface area (Å²) < 4.78 is 22.2. The van der Waals surface area contributed by atoms with E-state index in [2.05, 4.69) is 4.90 Å². The molecule has 2 N–H and O–H groups in total. The van der Waals surface area contributed by atoms with E-state index < -0.39 is 10.0 Å². The van der Waals surface area contributed by atoms with Gasteiger partial charge in [0.1, 0.15) is 0 Å². The van der Waals surface area contributed by atoms with Crippen molar-refractivity contribution < 1.29 is 8.42 Å². The molecule has 1 heterocycles. The summed E-state index contributed by atoms with van der Waals surface area (Å²) in [6.07, 6.45) is 0. The Balaban J connectivity index is 2.48. The second-order valence-electron chi connectivity index (χ2n) is 3.65. The molecule has 0 saturated heterocycles. The molecule has 5 heteroatoms. The maximum absolute atomic E-state index is 11.1. The van der Waals surface area contributed by atoms with Crippen LogP contribution < -0.4 is 5.14 Å². The Labute approximate surface area is 83.4 Å². The van der Waals surface area contributed by atoms with Crippen LogP contribution in [0.1, 0.15) is 11.1 Å². The molecule has 1 aromatic carbocycles. The van der Waals surface area contributed by atoms with Gasteiger partial charge in [0, 0.05) is 13.1 Å². The van der Waals surface area contributed by atoms with Crippen LogP contribution in [0.25, 0.3) is 0 Å². The number of hydrogen-bond donors (Lipinski definition) is 1. The van der Waals surface area contributed by atoms with Crippen molar-refractivity contribution in [3.05, 3.63) is 29.3 Å². The molecule has 0 aromatic heterocycles. The molecule has 0 amide bonds. The van der Waals surface area contributed by atoms with Crippen LogP contribution >= 0.6 is 0 Å². The summed E-state index contributed by atoms with van der Waals surface area (Å²) in [7, 11) is -1.56. The number of benzene rings is 1. The third-order valence-electron chi connectivity index (χ3n) is 2.39. The molecular formula is C9H12N2O2S. The lowest BCUT2D eigenvalue weighted by atomic mass is 10.1. The zero-order valence-electron chi connectivity index (χ0n) is 7.90. The largest absolute Gasteiger partial charge is 0.298 e. The average Bonchev–Trinajstić information content (AvgIpc) is 2.41. The van der Waals surface area contributed by atoms with E-state index in [1.165, 1.54) is 5.56 Å². The molecule has 4 nitrogen and oxygen atoms in total. The van der Waals surface area contributed by atoms with Crippen LogP contribution in [-0.4, -0.2) is 20.4 Å². The van der Waals surface area contributed by atoms with Crippen LogP contribution in [0.5, 0.6) is 0 Å². The van der Waals surface area contributed by atoms with Crippen molar-refractivity contribution in [2.75, 3.05) is 7.05 Å². The summed E-state index contributed by atoms with van der Waals surface area (Å²) in [5.74, 6) is 0. The fourth-order valence-electron chi connectivity index (χ4n) is 1.72. The van der Waals surface area contributed by atoms with Gasteiger partial charge in [0.05, 0.1) is 4.90 Å². The fraction of sp³-hybridized carbons (Fsp3) is 0.333. The van der Waals surface area contributed by atoms with Crippen molar-refractivity contribution in [3.8, 4) is 0 Å². The van der Waals surface area contributed by atoms with E-state index in [-0.39, 0.29) is 4.90 Å². The SMILES string of the molecule is CN1Cc2ccc(S(N)(=O)=O)cc2C1. The molecule has 0 saturated carbocycles. The minimum absolute atomic E-state index is 0.201. The molecule has 0 unspecified atom stereocenters. The van der Waals surface area contributed by atoms with Gasteiger partial charge in [-0.1, -0.05) is 6.07 Å². The Hall–Kier alpha value is -0.910. The van der Waals surface area contributed by atoms with E-state index in [0.29, 0.717) is 0 Å². The van der Waals surface area contributed by atoms with Gasteiger partial charge in [0.2, 0.25) is 10.0 Å². The van der Waals surface area contributed by atoms with E-state index >= 15 is 0 Å². The zero-order chi connectivity index (χ0) is 10.3. The highest BCUT2D eigenvalue weighted by Gasteiger charge is 2.18. The topological polar surface area (TPSA) is 63.4 Å². The summed E-state index contributed by atoms with van der Waals surface area (Å²) in [4.78, 5) is 2.32. The summed E-state index contributed by atoms with van der Waals surface area (Å²) in [5, 5.41) is 5.04. The van der Waals surface area contributed by atoms with Gasteiger partial charge >= 0.3 is 0 Å². The number of sulfonamides is 1. The number of fused-ring (bicyclic) bond motifs is 1. The van der Waals surface area contributed by atoms with E-state index in [0.717, 1.165) is 18.7 Å². The first-order valence-corrected chi connectivity index (χ1v) is 5.84. The molecule has 0 bridgehead atoms. The minimum atomic E-state index is -3.56. The summed E-state index contributed by atoms with van der Waals surface area (Å²) in [6.45, 7) is 1.67. The number of primary sulfonamides is 1. The smallest absolute Gasteiger partial charge is 0.238 e. The predicted molar refractivity (Wildman–Crippen MR) is 53.0 cm³/mol. The molecule has 1 aromatic rings. The maximum atomic E-state index is 11.1. The molecule has 0 radical (unpaired) electrons. The van der Waals surface area contributed by atoms with Crippen LogP contribution in [0, 0.1) is 0 Å². The molecule has 1 aliphatic rings. The van der Waals surface area contributed by atoms with Gasteiger partial charge < -0.3 is 0 Å². The van der Waals surface area contributed by atoms with Gasteiger partial charge in [0.25, 0.3) is 0 Å². The first-order valence-electron chi connectivity index (χ1n) is 4.30. The van der Waals surface area contributed by atoms with Gasteiger partial charge in [-0.05, 0) is 30.3 Å². The molecule has 2 rings (SSSR count). The van der Waals surface area contributed by atoms with Crippen molar-refractivity contribution in [3.63, 3.8) is 0 Å². The second kappa shape index (κ2) is 3.05. The lowest BCUT2D eigenvalue weighted by molar-refractivity contribution is 0.353. The van der Waals surface area contributed by atoms with Crippen LogP contribution in [0.2, 0.25) is 0 Å². The van der Waals surface area contributed by atoms with Crippen LogP contribution in [0.3, 0.4) is 0 Å². The van der Waals surface area contributed by atoms with Crippen molar-refractivity contribution in [1.29, 1.82) is 0 Å². The number of hydrogen-bond acceptors (Lipinski definition) is 3. The zero-order valence-corrected chi connectivity index (χ0v) is 8.71. The monoisotopic (exact) mass is 212 g/mol. The molecule has 14 heavy (non-hydrogen) atoms. The summed E-state index contributed by atoms with van der Waals surface area (Å²) in [5.41, 5.74) is 2.24. The average molecular weight is 212 g/mol. The van der Waals surface area contributed by atoms with E-state index in [1.807, 2.05) is 13.1 Å². The minimum Gasteiger partial charge on any atom is -0.298 e. The Morgan fingerprint density at radius 1 is 1.29 bits per heavy atom. The van der Waals surface area contributed by atoms with Gasteiger partial charge in [0.15, 0.2) is 0 Å². The fourth-order valence-corrected chi connectivity index (χ4v) is 2.28. The van der Waals surface area contributed by atoms with Gasteiger partial charge in [-0.3, -0.25) is 4.90 Å². The summed E-state index contributed by atoms with van der Waals surface area (Å²) >= 11 is 0. The molecule has 0 aliphatic carbocycles. The van der Waals surface area contributed by atoms with E-state index in [4.69, 9.17) is 5.14 Å². The van der Waals surface area contributed by atoms with Crippen molar-refractivity contribution in [1.82, 2.24) is 4.90 Å². The lowest BCUT2D eigenvalue weighted by Crippen LogP contribution is -2.12. The van der Waals surface area contributed by atoms with Gasteiger partial charge in [-0.25, -0.2) is 13.6 Å². The van der Waals surface area contributed by atoms with Crippen molar-refractivity contribution in [2.24, 2.45) is 5.14 Å².